The third-order valence-electron chi connectivity index (χ3n) is 4.73. The lowest BCUT2D eigenvalue weighted by atomic mass is 10.1. The molecule has 0 saturated heterocycles. The Morgan fingerprint density at radius 2 is 1.88 bits per heavy atom. The molecule has 3 aromatic rings. The summed E-state index contributed by atoms with van der Waals surface area (Å²) in [5, 5.41) is 12.5. The zero-order valence-corrected chi connectivity index (χ0v) is 20.0. The molecule has 1 amide bonds. The Morgan fingerprint density at radius 3 is 2.53 bits per heavy atom. The Bertz CT molecular complexity index is 1110. The van der Waals surface area contributed by atoms with E-state index in [0.29, 0.717) is 19.2 Å². The molecule has 34 heavy (non-hydrogen) atoms. The van der Waals surface area contributed by atoms with Crippen LogP contribution in [0.4, 0.5) is 5.95 Å². The summed E-state index contributed by atoms with van der Waals surface area (Å²) in [6.07, 6.45) is 0.852. The number of aryl methyl sites for hydroxylation is 1. The monoisotopic (exact) mass is 472 g/mol. The van der Waals surface area contributed by atoms with Gasteiger partial charge in [0.2, 0.25) is 11.7 Å². The van der Waals surface area contributed by atoms with Crippen molar-refractivity contribution >= 4 is 28.9 Å². The van der Waals surface area contributed by atoms with E-state index in [4.69, 9.17) is 19.9 Å². The molecule has 0 radical (unpaired) electrons. The maximum atomic E-state index is 12.1. The first-order valence-corrected chi connectivity index (χ1v) is 11.0. The minimum absolute atomic E-state index is 0.0965. The molecule has 0 saturated carbocycles. The van der Waals surface area contributed by atoms with E-state index in [1.807, 2.05) is 42.8 Å². The smallest absolute Gasteiger partial charge is 0.307 e. The van der Waals surface area contributed by atoms with Crippen molar-refractivity contribution in [3.63, 3.8) is 0 Å². The molecule has 0 bridgehead atoms. The molecular formula is C24H32N4O6. The molecule has 0 aliphatic rings. The van der Waals surface area contributed by atoms with Crippen LogP contribution in [0, 0.1) is 0 Å². The number of nitrogens with zero attached hydrogens (tertiary/aromatic N) is 2. The number of methoxy groups -OCH3 is 1. The van der Waals surface area contributed by atoms with Crippen molar-refractivity contribution in [3.05, 3.63) is 42.0 Å². The number of esters is 1. The SMILES string of the molecule is CCCOC(=O)CCNC(=O)c1cc(OC)c(O)c(OCC)c1.Cn1c(N)nc2ccccc21. The highest BCUT2D eigenvalue weighted by Crippen LogP contribution is 2.37. The molecule has 2 aromatic carbocycles. The minimum Gasteiger partial charge on any atom is -0.502 e. The fourth-order valence-electron chi connectivity index (χ4n) is 2.97. The predicted molar refractivity (Wildman–Crippen MR) is 129 cm³/mol. The summed E-state index contributed by atoms with van der Waals surface area (Å²) in [7, 11) is 3.29. The summed E-state index contributed by atoms with van der Waals surface area (Å²) < 4.78 is 17.1. The molecule has 1 aromatic heterocycles. The van der Waals surface area contributed by atoms with Gasteiger partial charge in [-0.1, -0.05) is 19.1 Å². The van der Waals surface area contributed by atoms with Gasteiger partial charge in [0.05, 0.1) is 37.8 Å². The van der Waals surface area contributed by atoms with Gasteiger partial charge in [-0.25, -0.2) is 4.98 Å². The van der Waals surface area contributed by atoms with Crippen LogP contribution in [0.2, 0.25) is 0 Å². The number of hydrogen-bond donors (Lipinski definition) is 3. The number of amides is 1. The molecule has 184 valence electrons. The lowest BCUT2D eigenvalue weighted by Gasteiger charge is -2.12. The number of para-hydroxylation sites is 2. The Kier molecular flexibility index (Phi) is 10.0. The second kappa shape index (κ2) is 12.9. The molecule has 1 heterocycles. The molecule has 0 aliphatic carbocycles. The molecule has 0 aliphatic heterocycles. The summed E-state index contributed by atoms with van der Waals surface area (Å²) >= 11 is 0. The van der Waals surface area contributed by atoms with Crippen molar-refractivity contribution in [2.24, 2.45) is 7.05 Å². The van der Waals surface area contributed by atoms with Crippen molar-refractivity contribution in [2.45, 2.75) is 26.7 Å². The largest absolute Gasteiger partial charge is 0.502 e. The quantitative estimate of drug-likeness (QED) is 0.404. The number of nitrogen functional groups attached to an aromatic ring is 1. The number of nitrogens with two attached hydrogens (primary N) is 1. The standard InChI is InChI=1S/C16H23NO6.C8H9N3/c1-4-8-23-14(18)6-7-17-16(20)11-9-12(21-3)15(19)13(10-11)22-5-2;1-11-7-5-3-2-4-6(7)10-8(11)9/h9-10,19H,4-8H2,1-3H3,(H,17,20);2-5H,1H3,(H2,9,10). The lowest BCUT2D eigenvalue weighted by molar-refractivity contribution is -0.143. The van der Waals surface area contributed by atoms with E-state index >= 15 is 0 Å². The number of phenolic OH excluding ortho intramolecular Hbond substituents is 1. The van der Waals surface area contributed by atoms with E-state index in [2.05, 4.69) is 10.3 Å². The molecule has 0 fully saturated rings. The number of fused-ring (bicyclic) bond motifs is 1. The first-order valence-electron chi connectivity index (χ1n) is 11.0. The van der Waals surface area contributed by atoms with Crippen LogP contribution in [0.3, 0.4) is 0 Å². The molecule has 4 N–H and O–H groups in total. The summed E-state index contributed by atoms with van der Waals surface area (Å²) in [6, 6.07) is 10.7. The molecule has 0 atom stereocenters. The molecule has 10 heteroatoms. The Hall–Kier alpha value is -3.95. The van der Waals surface area contributed by atoms with E-state index in [0.717, 1.165) is 17.5 Å². The number of benzene rings is 2. The first kappa shape index (κ1) is 26.3. The minimum atomic E-state index is -0.396. The average molecular weight is 473 g/mol. The van der Waals surface area contributed by atoms with Crippen molar-refractivity contribution in [1.29, 1.82) is 0 Å². The molecule has 10 nitrogen and oxygen atoms in total. The normalized spacial score (nSPS) is 10.2. The van der Waals surface area contributed by atoms with Crippen molar-refractivity contribution in [2.75, 3.05) is 32.6 Å². The van der Waals surface area contributed by atoms with Gasteiger partial charge in [0.15, 0.2) is 11.5 Å². The average Bonchev–Trinajstić information content (AvgIpc) is 3.13. The van der Waals surface area contributed by atoms with Gasteiger partial charge in [0, 0.05) is 19.2 Å². The molecular weight excluding hydrogens is 440 g/mol. The van der Waals surface area contributed by atoms with Gasteiger partial charge in [0.25, 0.3) is 5.91 Å². The number of anilines is 1. The highest BCUT2D eigenvalue weighted by atomic mass is 16.5. The first-order chi connectivity index (χ1) is 16.3. The van der Waals surface area contributed by atoms with E-state index in [1.54, 1.807) is 6.92 Å². The summed E-state index contributed by atoms with van der Waals surface area (Å²) in [5.74, 6) is -0.0407. The number of aromatic nitrogens is 2. The van der Waals surface area contributed by atoms with Crippen LogP contribution < -0.4 is 20.5 Å². The fourth-order valence-corrected chi connectivity index (χ4v) is 2.97. The van der Waals surface area contributed by atoms with Gasteiger partial charge in [-0.15, -0.1) is 0 Å². The van der Waals surface area contributed by atoms with Crippen LogP contribution in [0.15, 0.2) is 36.4 Å². The second-order valence-corrected chi connectivity index (χ2v) is 7.20. The van der Waals surface area contributed by atoms with E-state index in [9.17, 15) is 14.7 Å². The summed E-state index contributed by atoms with van der Waals surface area (Å²) in [4.78, 5) is 27.6. The zero-order valence-electron chi connectivity index (χ0n) is 20.0. The van der Waals surface area contributed by atoms with Gasteiger partial charge in [0.1, 0.15) is 0 Å². The third-order valence-corrected chi connectivity index (χ3v) is 4.73. The second-order valence-electron chi connectivity index (χ2n) is 7.20. The van der Waals surface area contributed by atoms with Gasteiger partial charge < -0.3 is 34.9 Å². The van der Waals surface area contributed by atoms with Crippen LogP contribution in [0.5, 0.6) is 17.2 Å². The van der Waals surface area contributed by atoms with Crippen LogP contribution in [0.1, 0.15) is 37.0 Å². The number of nitrogens with one attached hydrogen (secondary N) is 1. The summed E-state index contributed by atoms with van der Waals surface area (Å²) in [6.45, 7) is 4.54. The molecule has 0 spiro atoms. The number of ether oxygens (including phenoxy) is 3. The molecule has 3 rings (SSSR count). The molecule has 0 unspecified atom stereocenters. The number of hydrogen-bond acceptors (Lipinski definition) is 8. The van der Waals surface area contributed by atoms with Crippen molar-refractivity contribution in [3.8, 4) is 17.2 Å². The third kappa shape index (κ3) is 7.03. The van der Waals surface area contributed by atoms with Gasteiger partial charge >= 0.3 is 5.97 Å². The van der Waals surface area contributed by atoms with Crippen LogP contribution >= 0.6 is 0 Å². The zero-order chi connectivity index (χ0) is 25.1. The Morgan fingerprint density at radius 1 is 1.18 bits per heavy atom. The van der Waals surface area contributed by atoms with E-state index in [-0.39, 0.29) is 41.7 Å². The maximum absolute atomic E-state index is 12.1. The number of phenols is 1. The van der Waals surface area contributed by atoms with Gasteiger partial charge in [-0.3, -0.25) is 9.59 Å². The number of imidazole rings is 1. The number of rotatable bonds is 9. The Balaban J connectivity index is 0.000000305. The number of carbonyl (C=O) groups excluding carboxylic acids is 2. The summed E-state index contributed by atoms with van der Waals surface area (Å²) in [5.41, 5.74) is 7.90. The van der Waals surface area contributed by atoms with Crippen LogP contribution in [-0.2, 0) is 16.6 Å². The maximum Gasteiger partial charge on any atom is 0.307 e. The van der Waals surface area contributed by atoms with Crippen molar-refractivity contribution < 1.29 is 28.9 Å². The highest BCUT2D eigenvalue weighted by Gasteiger charge is 2.16. The lowest BCUT2D eigenvalue weighted by Crippen LogP contribution is -2.26. The van der Waals surface area contributed by atoms with E-state index in [1.165, 1.54) is 19.2 Å². The van der Waals surface area contributed by atoms with Gasteiger partial charge in [-0.05, 0) is 37.6 Å². The van der Waals surface area contributed by atoms with Crippen LogP contribution in [0.25, 0.3) is 11.0 Å². The Labute approximate surface area is 198 Å². The topological polar surface area (TPSA) is 138 Å². The number of aromatic hydroxyl groups is 1. The highest BCUT2D eigenvalue weighted by molar-refractivity contribution is 5.95. The van der Waals surface area contributed by atoms with Crippen LogP contribution in [-0.4, -0.2) is 53.4 Å². The number of carbonyl (C=O) groups is 2. The fraction of sp³-hybridized carbons (Fsp3) is 0.375. The van der Waals surface area contributed by atoms with Gasteiger partial charge in [-0.2, -0.15) is 0 Å². The van der Waals surface area contributed by atoms with Crippen molar-refractivity contribution in [1.82, 2.24) is 14.9 Å². The van der Waals surface area contributed by atoms with E-state index < -0.39 is 5.91 Å². The predicted octanol–water partition coefficient (Wildman–Crippen LogP) is 3.03.